The molecule has 0 aliphatic rings. The minimum absolute atomic E-state index is 0.334. The van der Waals surface area contributed by atoms with Crippen LogP contribution in [0, 0.1) is 5.82 Å². The maximum Gasteiger partial charge on any atom is 0.279 e. The molecule has 1 heterocycles. The number of methoxy groups -OCH3 is 1. The van der Waals surface area contributed by atoms with E-state index in [-0.39, 0.29) is 11.7 Å². The van der Waals surface area contributed by atoms with Gasteiger partial charge in [0.1, 0.15) is 5.82 Å². The van der Waals surface area contributed by atoms with Crippen LogP contribution in [0.15, 0.2) is 77.8 Å². The van der Waals surface area contributed by atoms with Crippen LogP contribution in [-0.4, -0.2) is 24.2 Å². The number of benzene rings is 3. The van der Waals surface area contributed by atoms with E-state index in [4.69, 9.17) is 4.74 Å². The normalized spacial score (nSPS) is 11.9. The molecule has 0 aliphatic carbocycles. The lowest BCUT2D eigenvalue weighted by molar-refractivity contribution is 0.0997. The molecule has 0 N–H and O–H groups in total. The van der Waals surface area contributed by atoms with Gasteiger partial charge in [-0.25, -0.2) is 4.39 Å². The van der Waals surface area contributed by atoms with Gasteiger partial charge in [0, 0.05) is 19.2 Å². The van der Waals surface area contributed by atoms with Crippen LogP contribution in [0.1, 0.15) is 21.5 Å². The summed E-state index contributed by atoms with van der Waals surface area (Å²) in [6, 6.07) is 22.5. The third-order valence-corrected chi connectivity index (χ3v) is 5.86. The Hall–Kier alpha value is -3.09. The molecule has 152 valence electrons. The van der Waals surface area contributed by atoms with Crippen LogP contribution in [0.25, 0.3) is 10.2 Å². The zero-order chi connectivity index (χ0) is 20.9. The Morgan fingerprint density at radius 1 is 1.00 bits per heavy atom. The SMILES string of the molecule is COCCn1c(=NC(=O)c2ccc(Cc3ccccc3)cc2)sc2cccc(F)c21. The molecule has 6 heteroatoms. The van der Waals surface area contributed by atoms with Crippen LogP contribution in [0.2, 0.25) is 0 Å². The van der Waals surface area contributed by atoms with Crippen LogP contribution in [-0.2, 0) is 17.7 Å². The number of para-hydroxylation sites is 1. The molecule has 4 nitrogen and oxygen atoms in total. The summed E-state index contributed by atoms with van der Waals surface area (Å²) >= 11 is 1.30. The van der Waals surface area contributed by atoms with Gasteiger partial charge in [-0.3, -0.25) is 4.79 Å². The molecule has 0 atom stereocenters. The number of amides is 1. The molecule has 0 bridgehead atoms. The van der Waals surface area contributed by atoms with Crippen molar-refractivity contribution in [3.63, 3.8) is 0 Å². The summed E-state index contributed by atoms with van der Waals surface area (Å²) in [7, 11) is 1.59. The molecule has 0 unspecified atom stereocenters. The fourth-order valence-corrected chi connectivity index (χ4v) is 4.38. The van der Waals surface area contributed by atoms with E-state index in [1.165, 1.54) is 23.0 Å². The van der Waals surface area contributed by atoms with Crippen molar-refractivity contribution in [3.05, 3.63) is 100 Å². The molecule has 1 amide bonds. The zero-order valence-corrected chi connectivity index (χ0v) is 17.4. The highest BCUT2D eigenvalue weighted by Crippen LogP contribution is 2.20. The molecule has 4 rings (SSSR count). The second-order valence-electron chi connectivity index (χ2n) is 6.89. The fraction of sp³-hybridized carbons (Fsp3) is 0.167. The van der Waals surface area contributed by atoms with Gasteiger partial charge >= 0.3 is 0 Å². The summed E-state index contributed by atoms with van der Waals surface area (Å²) in [5.41, 5.74) is 3.29. The molecule has 0 radical (unpaired) electrons. The lowest BCUT2D eigenvalue weighted by atomic mass is 10.0. The largest absolute Gasteiger partial charge is 0.383 e. The molecule has 0 fully saturated rings. The zero-order valence-electron chi connectivity index (χ0n) is 16.5. The molecule has 0 spiro atoms. The number of nitrogens with zero attached hydrogens (tertiary/aromatic N) is 2. The Morgan fingerprint density at radius 3 is 2.47 bits per heavy atom. The molecule has 0 saturated carbocycles. The third-order valence-electron chi connectivity index (χ3n) is 4.82. The summed E-state index contributed by atoms with van der Waals surface area (Å²) in [4.78, 5) is 17.5. The van der Waals surface area contributed by atoms with Crippen molar-refractivity contribution in [3.8, 4) is 0 Å². The molecule has 4 aromatic rings. The van der Waals surface area contributed by atoms with Gasteiger partial charge in [-0.05, 0) is 41.8 Å². The first kappa shape index (κ1) is 20.2. The fourth-order valence-electron chi connectivity index (χ4n) is 3.31. The van der Waals surface area contributed by atoms with E-state index in [0.29, 0.717) is 29.0 Å². The second-order valence-corrected chi connectivity index (χ2v) is 7.90. The average molecular weight is 421 g/mol. The number of halogens is 1. The highest BCUT2D eigenvalue weighted by Gasteiger charge is 2.12. The highest BCUT2D eigenvalue weighted by atomic mass is 32.1. The summed E-state index contributed by atoms with van der Waals surface area (Å²) in [5, 5.41) is 0. The Bertz CT molecular complexity index is 1230. The average Bonchev–Trinajstić information content (AvgIpc) is 3.11. The first-order valence-corrected chi connectivity index (χ1v) is 10.5. The predicted molar refractivity (Wildman–Crippen MR) is 117 cm³/mol. The number of aromatic nitrogens is 1. The number of hydrogen-bond donors (Lipinski definition) is 0. The van der Waals surface area contributed by atoms with Crippen molar-refractivity contribution < 1.29 is 13.9 Å². The summed E-state index contributed by atoms with van der Waals surface area (Å²) in [5.74, 6) is -0.682. The predicted octanol–water partition coefficient (Wildman–Crippen LogP) is 4.82. The Kier molecular flexibility index (Phi) is 6.16. The first-order chi connectivity index (χ1) is 14.7. The Balaban J connectivity index is 1.64. The molecule has 3 aromatic carbocycles. The maximum atomic E-state index is 14.4. The van der Waals surface area contributed by atoms with Crippen molar-refractivity contribution >= 4 is 27.5 Å². The molecule has 1 aromatic heterocycles. The maximum absolute atomic E-state index is 14.4. The number of ether oxygens (including phenoxy) is 1. The van der Waals surface area contributed by atoms with Crippen molar-refractivity contribution in [2.24, 2.45) is 4.99 Å². The molecule has 0 saturated heterocycles. The van der Waals surface area contributed by atoms with Crippen LogP contribution < -0.4 is 4.80 Å². The lowest BCUT2D eigenvalue weighted by Crippen LogP contribution is -2.19. The lowest BCUT2D eigenvalue weighted by Gasteiger charge is -2.05. The van der Waals surface area contributed by atoms with Crippen LogP contribution in [0.3, 0.4) is 0 Å². The first-order valence-electron chi connectivity index (χ1n) is 9.64. The van der Waals surface area contributed by atoms with Crippen molar-refractivity contribution in [2.45, 2.75) is 13.0 Å². The number of thiazole rings is 1. The number of hydrogen-bond acceptors (Lipinski definition) is 3. The van der Waals surface area contributed by atoms with E-state index in [2.05, 4.69) is 17.1 Å². The summed E-state index contributed by atoms with van der Waals surface area (Å²) in [6.07, 6.45) is 0.805. The van der Waals surface area contributed by atoms with E-state index >= 15 is 0 Å². The number of rotatable bonds is 6. The topological polar surface area (TPSA) is 43.6 Å². The highest BCUT2D eigenvalue weighted by molar-refractivity contribution is 7.16. The van der Waals surface area contributed by atoms with E-state index in [1.807, 2.05) is 36.4 Å². The van der Waals surface area contributed by atoms with E-state index in [1.54, 1.807) is 29.9 Å². The van der Waals surface area contributed by atoms with Gasteiger partial charge in [-0.15, -0.1) is 0 Å². The van der Waals surface area contributed by atoms with Gasteiger partial charge in [0.25, 0.3) is 5.91 Å². The van der Waals surface area contributed by atoms with Crippen molar-refractivity contribution in [1.29, 1.82) is 0 Å². The van der Waals surface area contributed by atoms with Gasteiger partial charge in [-0.1, -0.05) is 59.9 Å². The summed E-state index contributed by atoms with van der Waals surface area (Å²) in [6.45, 7) is 0.815. The number of fused-ring (bicyclic) bond motifs is 1. The van der Waals surface area contributed by atoms with Crippen molar-refractivity contribution in [1.82, 2.24) is 4.57 Å². The number of carbonyl (C=O) groups excluding carboxylic acids is 1. The molecule has 0 aliphatic heterocycles. The summed E-state index contributed by atoms with van der Waals surface area (Å²) < 4.78 is 22.0. The smallest absolute Gasteiger partial charge is 0.279 e. The Morgan fingerprint density at radius 2 is 1.73 bits per heavy atom. The van der Waals surface area contributed by atoms with Gasteiger partial charge in [0.2, 0.25) is 0 Å². The Labute approximate surface area is 177 Å². The van der Waals surface area contributed by atoms with E-state index < -0.39 is 0 Å². The standard InChI is InChI=1S/C24H21FN2O2S/c1-29-15-14-27-22-20(25)8-5-9-21(22)30-24(27)26-23(28)19-12-10-18(11-13-19)16-17-6-3-2-4-7-17/h2-13H,14-16H2,1H3. The molecular weight excluding hydrogens is 399 g/mol. The van der Waals surface area contributed by atoms with Crippen LogP contribution >= 0.6 is 11.3 Å². The minimum Gasteiger partial charge on any atom is -0.383 e. The quantitative estimate of drug-likeness (QED) is 0.449. The van der Waals surface area contributed by atoms with Crippen LogP contribution in [0.4, 0.5) is 4.39 Å². The van der Waals surface area contributed by atoms with Gasteiger partial charge in [0.15, 0.2) is 4.80 Å². The van der Waals surface area contributed by atoms with E-state index in [0.717, 1.165) is 16.7 Å². The third kappa shape index (κ3) is 4.40. The van der Waals surface area contributed by atoms with Gasteiger partial charge in [0.05, 0.1) is 16.8 Å². The molecule has 30 heavy (non-hydrogen) atoms. The van der Waals surface area contributed by atoms with Gasteiger partial charge in [-0.2, -0.15) is 4.99 Å². The number of carbonyl (C=O) groups is 1. The second kappa shape index (κ2) is 9.15. The minimum atomic E-state index is -0.348. The monoisotopic (exact) mass is 420 g/mol. The van der Waals surface area contributed by atoms with E-state index in [9.17, 15) is 9.18 Å². The van der Waals surface area contributed by atoms with Crippen molar-refractivity contribution in [2.75, 3.05) is 13.7 Å². The van der Waals surface area contributed by atoms with Gasteiger partial charge < -0.3 is 9.30 Å². The molecular formula is C24H21FN2O2S. The van der Waals surface area contributed by atoms with Crippen LogP contribution in [0.5, 0.6) is 0 Å².